The van der Waals surface area contributed by atoms with Gasteiger partial charge in [-0.3, -0.25) is 9.59 Å². The molecule has 3 aromatic rings. The predicted octanol–water partition coefficient (Wildman–Crippen LogP) is 1.35. The van der Waals surface area contributed by atoms with Crippen LogP contribution >= 0.6 is 11.3 Å². The normalized spacial score (nSPS) is 10.5. The maximum atomic E-state index is 12.2. The van der Waals surface area contributed by atoms with Crippen LogP contribution in [0, 0.1) is 0 Å². The maximum absolute atomic E-state index is 12.2. The number of fused-ring (bicyclic) bond motifs is 1. The summed E-state index contributed by atoms with van der Waals surface area (Å²) >= 11 is 1.01. The molecule has 0 unspecified atom stereocenters. The van der Waals surface area contributed by atoms with Crippen molar-refractivity contribution < 1.29 is 14.3 Å². The average Bonchev–Trinajstić information content (AvgIpc) is 3.05. The maximum Gasteiger partial charge on any atom is 0.349 e. The predicted molar refractivity (Wildman–Crippen MR) is 88.2 cm³/mol. The number of aromatic nitrogens is 3. The number of H-pyrrole nitrogens is 1. The fourth-order valence-electron chi connectivity index (χ4n) is 2.15. The van der Waals surface area contributed by atoms with E-state index in [0.29, 0.717) is 21.3 Å². The molecule has 0 saturated carbocycles. The Bertz CT molecular complexity index is 979. The summed E-state index contributed by atoms with van der Waals surface area (Å²) in [4.78, 5) is 39.5. The third-order valence-corrected chi connectivity index (χ3v) is 4.13. The lowest BCUT2D eigenvalue weighted by molar-refractivity contribution is -0.115. The lowest BCUT2D eigenvalue weighted by Crippen LogP contribution is -2.18. The minimum atomic E-state index is -0.513. The lowest BCUT2D eigenvalue weighted by atomic mass is 10.1. The first-order valence-corrected chi connectivity index (χ1v) is 7.70. The second kappa shape index (κ2) is 6.59. The molecule has 2 heterocycles. The molecule has 3 rings (SSSR count). The number of hydrogen-bond donors (Lipinski definition) is 2. The Kier molecular flexibility index (Phi) is 4.34. The highest BCUT2D eigenvalue weighted by atomic mass is 32.1. The molecule has 0 aliphatic rings. The highest BCUT2D eigenvalue weighted by Crippen LogP contribution is 2.19. The fraction of sp³-hybridized carbons (Fsp3) is 0.133. The van der Waals surface area contributed by atoms with Gasteiger partial charge in [0.05, 0.1) is 30.8 Å². The van der Waals surface area contributed by atoms with Crippen molar-refractivity contribution in [2.24, 2.45) is 0 Å². The van der Waals surface area contributed by atoms with Gasteiger partial charge in [-0.05, 0) is 6.07 Å². The largest absolute Gasteiger partial charge is 0.465 e. The SMILES string of the molecule is COC(=O)c1cnc(NC(=O)Cc2n[nH]c(=O)c3ccccc23)s1. The second-order valence-corrected chi connectivity index (χ2v) is 5.82. The van der Waals surface area contributed by atoms with Gasteiger partial charge >= 0.3 is 5.97 Å². The van der Waals surface area contributed by atoms with Gasteiger partial charge in [0.2, 0.25) is 5.91 Å². The minimum Gasteiger partial charge on any atom is -0.465 e. The van der Waals surface area contributed by atoms with Gasteiger partial charge in [-0.1, -0.05) is 29.5 Å². The summed E-state index contributed by atoms with van der Waals surface area (Å²) in [6.45, 7) is 0. The Morgan fingerprint density at radius 1 is 1.29 bits per heavy atom. The molecule has 0 atom stereocenters. The van der Waals surface area contributed by atoms with E-state index in [1.807, 2.05) is 0 Å². The molecule has 1 amide bonds. The van der Waals surface area contributed by atoms with Gasteiger partial charge in [0.15, 0.2) is 5.13 Å². The van der Waals surface area contributed by atoms with E-state index < -0.39 is 5.97 Å². The second-order valence-electron chi connectivity index (χ2n) is 4.79. The number of methoxy groups -OCH3 is 1. The summed E-state index contributed by atoms with van der Waals surface area (Å²) in [5.41, 5.74) is 0.143. The molecule has 0 spiro atoms. The smallest absolute Gasteiger partial charge is 0.349 e. The highest BCUT2D eigenvalue weighted by molar-refractivity contribution is 7.17. The van der Waals surface area contributed by atoms with Gasteiger partial charge in [0, 0.05) is 5.39 Å². The van der Waals surface area contributed by atoms with Gasteiger partial charge in [0.1, 0.15) is 4.88 Å². The van der Waals surface area contributed by atoms with Gasteiger partial charge in [-0.2, -0.15) is 5.10 Å². The van der Waals surface area contributed by atoms with Crippen molar-refractivity contribution in [3.8, 4) is 0 Å². The molecule has 9 heteroatoms. The summed E-state index contributed by atoms with van der Waals surface area (Å²) in [5, 5.41) is 10.3. The monoisotopic (exact) mass is 344 g/mol. The number of thiazole rings is 1. The zero-order valence-electron chi connectivity index (χ0n) is 12.5. The summed E-state index contributed by atoms with van der Waals surface area (Å²) in [7, 11) is 1.27. The Balaban J connectivity index is 1.78. The number of rotatable bonds is 4. The Morgan fingerprint density at radius 2 is 2.04 bits per heavy atom. The summed E-state index contributed by atoms with van der Waals surface area (Å²) in [6.07, 6.45) is 1.30. The molecule has 0 radical (unpaired) electrons. The number of benzene rings is 1. The van der Waals surface area contributed by atoms with Crippen molar-refractivity contribution in [1.82, 2.24) is 15.2 Å². The molecule has 2 N–H and O–H groups in total. The van der Waals surface area contributed by atoms with Crippen molar-refractivity contribution in [1.29, 1.82) is 0 Å². The van der Waals surface area contributed by atoms with E-state index in [0.717, 1.165) is 11.3 Å². The van der Waals surface area contributed by atoms with Gasteiger partial charge < -0.3 is 10.1 Å². The van der Waals surface area contributed by atoms with Crippen LogP contribution in [0.1, 0.15) is 15.4 Å². The molecule has 0 fully saturated rings. The summed E-state index contributed by atoms with van der Waals surface area (Å²) < 4.78 is 4.58. The number of nitrogens with zero attached hydrogens (tertiary/aromatic N) is 2. The van der Waals surface area contributed by atoms with Crippen molar-refractivity contribution in [2.75, 3.05) is 12.4 Å². The van der Waals surface area contributed by atoms with E-state index in [9.17, 15) is 14.4 Å². The summed E-state index contributed by atoms with van der Waals surface area (Å²) in [6, 6.07) is 6.92. The highest BCUT2D eigenvalue weighted by Gasteiger charge is 2.14. The van der Waals surface area contributed by atoms with E-state index in [2.05, 4.69) is 25.2 Å². The van der Waals surface area contributed by atoms with Crippen molar-refractivity contribution >= 4 is 39.1 Å². The lowest BCUT2D eigenvalue weighted by Gasteiger charge is -2.04. The number of aromatic amines is 1. The van der Waals surface area contributed by atoms with Crippen LogP contribution in [0.25, 0.3) is 10.8 Å². The van der Waals surface area contributed by atoms with Crippen LogP contribution < -0.4 is 10.9 Å². The average molecular weight is 344 g/mol. The Hall–Kier alpha value is -3.07. The number of esters is 1. The molecular formula is C15H12N4O4S. The first-order valence-electron chi connectivity index (χ1n) is 6.89. The molecule has 0 aliphatic heterocycles. The number of nitrogens with one attached hydrogen (secondary N) is 2. The van der Waals surface area contributed by atoms with E-state index in [-0.39, 0.29) is 23.0 Å². The van der Waals surface area contributed by atoms with Crippen LogP contribution in [0.5, 0.6) is 0 Å². The van der Waals surface area contributed by atoms with Crippen LogP contribution in [0.4, 0.5) is 5.13 Å². The third kappa shape index (κ3) is 3.15. The van der Waals surface area contributed by atoms with Crippen LogP contribution in [-0.2, 0) is 16.0 Å². The molecule has 24 heavy (non-hydrogen) atoms. The van der Waals surface area contributed by atoms with Crippen molar-refractivity contribution in [2.45, 2.75) is 6.42 Å². The minimum absolute atomic E-state index is 0.0373. The van der Waals surface area contributed by atoms with Gasteiger partial charge in [-0.15, -0.1) is 0 Å². The van der Waals surface area contributed by atoms with E-state index in [1.165, 1.54) is 13.3 Å². The number of carbonyl (C=O) groups is 2. The van der Waals surface area contributed by atoms with Crippen LogP contribution in [0.3, 0.4) is 0 Å². The number of hydrogen-bond acceptors (Lipinski definition) is 7. The quantitative estimate of drug-likeness (QED) is 0.691. The van der Waals surface area contributed by atoms with Crippen LogP contribution in [-0.4, -0.2) is 34.2 Å². The Labute approximate surface area is 139 Å². The van der Waals surface area contributed by atoms with Crippen LogP contribution in [0.15, 0.2) is 35.3 Å². The first-order chi connectivity index (χ1) is 11.6. The zero-order chi connectivity index (χ0) is 17.1. The van der Waals surface area contributed by atoms with E-state index in [1.54, 1.807) is 24.3 Å². The third-order valence-electron chi connectivity index (χ3n) is 3.24. The van der Waals surface area contributed by atoms with Crippen molar-refractivity contribution in [3.05, 3.63) is 51.4 Å². The van der Waals surface area contributed by atoms with Gasteiger partial charge in [0.25, 0.3) is 5.56 Å². The zero-order valence-corrected chi connectivity index (χ0v) is 13.3. The van der Waals surface area contributed by atoms with Crippen LogP contribution in [0.2, 0.25) is 0 Å². The molecule has 2 aromatic heterocycles. The number of amides is 1. The molecule has 8 nitrogen and oxygen atoms in total. The topological polar surface area (TPSA) is 114 Å². The molecule has 122 valence electrons. The van der Waals surface area contributed by atoms with Gasteiger partial charge in [-0.25, -0.2) is 14.9 Å². The molecule has 0 saturated heterocycles. The first kappa shape index (κ1) is 15.8. The molecular weight excluding hydrogens is 332 g/mol. The van der Waals surface area contributed by atoms with E-state index >= 15 is 0 Å². The van der Waals surface area contributed by atoms with E-state index in [4.69, 9.17) is 0 Å². The molecule has 1 aromatic carbocycles. The summed E-state index contributed by atoms with van der Waals surface area (Å²) in [5.74, 6) is -0.869. The number of anilines is 1. The Morgan fingerprint density at radius 3 is 2.79 bits per heavy atom. The number of ether oxygens (including phenoxy) is 1. The molecule has 0 aliphatic carbocycles. The van der Waals surface area contributed by atoms with Crippen molar-refractivity contribution in [3.63, 3.8) is 0 Å². The number of carbonyl (C=O) groups excluding carboxylic acids is 2. The molecule has 0 bridgehead atoms. The standard InChI is InChI=1S/C15H12N4O4S/c1-23-14(22)11-7-16-15(24-11)17-12(20)6-10-8-4-2-3-5-9(8)13(21)19-18-10/h2-5,7H,6H2,1H3,(H,19,21)(H,16,17,20). The fourth-order valence-corrected chi connectivity index (χ4v) is 2.90.